The normalized spacial score (nSPS) is 18.8. The van der Waals surface area contributed by atoms with Crippen molar-refractivity contribution in [1.82, 2.24) is 0 Å². The van der Waals surface area contributed by atoms with E-state index in [2.05, 4.69) is 0 Å². The summed E-state index contributed by atoms with van der Waals surface area (Å²) in [6.45, 7) is 0.431. The van der Waals surface area contributed by atoms with Crippen molar-refractivity contribution < 1.29 is 9.53 Å². The van der Waals surface area contributed by atoms with Gasteiger partial charge in [0.1, 0.15) is 5.60 Å². The Hall–Kier alpha value is -1.35. The fourth-order valence-corrected chi connectivity index (χ4v) is 2.18. The number of amides is 1. The van der Waals surface area contributed by atoms with E-state index in [1.807, 2.05) is 36.8 Å². The van der Waals surface area contributed by atoms with E-state index < -0.39 is 5.60 Å². The molecule has 1 aromatic rings. The van der Waals surface area contributed by atoms with Crippen LogP contribution in [0.1, 0.15) is 31.2 Å². The highest BCUT2D eigenvalue weighted by Crippen LogP contribution is 2.31. The number of primary amides is 1. The van der Waals surface area contributed by atoms with Gasteiger partial charge in [-0.2, -0.15) is 0 Å². The van der Waals surface area contributed by atoms with Crippen LogP contribution in [0.4, 0.5) is 0 Å². The summed E-state index contributed by atoms with van der Waals surface area (Å²) >= 11 is 0. The standard InChI is InChI=1S/C14H18NO2/c15-13(16)14(9-5-2-6-10-14)17-11-12-7-3-1-4-8-12/h1,3-4,7-9H,2,5-6,10-11H2,(H2,15,16)/t14-/m0/s1. The van der Waals surface area contributed by atoms with Crippen molar-refractivity contribution in [3.63, 3.8) is 0 Å². The third kappa shape index (κ3) is 2.86. The van der Waals surface area contributed by atoms with Crippen LogP contribution in [0.5, 0.6) is 0 Å². The molecule has 17 heavy (non-hydrogen) atoms. The van der Waals surface area contributed by atoms with Crippen molar-refractivity contribution in [2.75, 3.05) is 0 Å². The highest BCUT2D eigenvalue weighted by atomic mass is 16.5. The molecule has 1 saturated carbocycles. The molecule has 1 aromatic carbocycles. The molecule has 3 heteroatoms. The first-order chi connectivity index (χ1) is 8.23. The van der Waals surface area contributed by atoms with Gasteiger partial charge in [-0.25, -0.2) is 0 Å². The van der Waals surface area contributed by atoms with E-state index in [0.29, 0.717) is 13.0 Å². The summed E-state index contributed by atoms with van der Waals surface area (Å²) in [6, 6.07) is 9.84. The summed E-state index contributed by atoms with van der Waals surface area (Å²) < 4.78 is 5.79. The molecular formula is C14H18NO2. The number of ether oxygens (including phenoxy) is 1. The molecule has 3 nitrogen and oxygen atoms in total. The lowest BCUT2D eigenvalue weighted by Gasteiger charge is -2.33. The summed E-state index contributed by atoms with van der Waals surface area (Å²) in [7, 11) is 0. The van der Waals surface area contributed by atoms with Gasteiger partial charge in [-0.3, -0.25) is 4.79 Å². The Morgan fingerprint density at radius 1 is 1.29 bits per heavy atom. The van der Waals surface area contributed by atoms with Gasteiger partial charge in [-0.1, -0.05) is 43.2 Å². The zero-order valence-electron chi connectivity index (χ0n) is 9.89. The third-order valence-electron chi connectivity index (χ3n) is 3.23. The predicted octanol–water partition coefficient (Wildman–Crippen LogP) is 2.21. The SMILES string of the molecule is NC(=O)[C@]1(OCc2ccccc2)[CH]CCCC1. The van der Waals surface area contributed by atoms with Crippen LogP contribution >= 0.6 is 0 Å². The monoisotopic (exact) mass is 232 g/mol. The number of hydrogen-bond acceptors (Lipinski definition) is 2. The Labute approximate surface area is 102 Å². The summed E-state index contributed by atoms with van der Waals surface area (Å²) in [4.78, 5) is 11.6. The molecule has 1 fully saturated rings. The largest absolute Gasteiger partial charge is 0.367 e. The van der Waals surface area contributed by atoms with Gasteiger partial charge in [0.2, 0.25) is 5.91 Å². The number of nitrogens with two attached hydrogens (primary N) is 1. The number of carbonyl (C=O) groups excluding carboxylic acids is 1. The molecule has 1 amide bonds. The Balaban J connectivity index is 2.01. The molecule has 1 atom stereocenters. The minimum atomic E-state index is -0.853. The average Bonchev–Trinajstić information content (AvgIpc) is 2.38. The van der Waals surface area contributed by atoms with Gasteiger partial charge in [-0.05, 0) is 18.4 Å². The molecule has 0 aliphatic heterocycles. The maximum absolute atomic E-state index is 11.6. The Morgan fingerprint density at radius 3 is 2.65 bits per heavy atom. The van der Waals surface area contributed by atoms with Crippen LogP contribution in [0, 0.1) is 6.42 Å². The molecule has 91 valence electrons. The van der Waals surface area contributed by atoms with Crippen LogP contribution in [-0.2, 0) is 16.1 Å². The molecule has 1 aliphatic rings. The Morgan fingerprint density at radius 2 is 2.06 bits per heavy atom. The fraction of sp³-hybridized carbons (Fsp3) is 0.429. The van der Waals surface area contributed by atoms with Gasteiger partial charge in [0.05, 0.1) is 6.61 Å². The molecule has 1 radical (unpaired) electrons. The molecule has 0 aromatic heterocycles. The predicted molar refractivity (Wildman–Crippen MR) is 65.9 cm³/mol. The molecule has 0 spiro atoms. The van der Waals surface area contributed by atoms with E-state index >= 15 is 0 Å². The minimum absolute atomic E-state index is 0.367. The lowest BCUT2D eigenvalue weighted by atomic mass is 9.84. The molecule has 0 saturated heterocycles. The summed E-state index contributed by atoms with van der Waals surface area (Å²) in [5, 5.41) is 0. The molecule has 0 heterocycles. The van der Waals surface area contributed by atoms with Gasteiger partial charge in [0.25, 0.3) is 0 Å². The highest BCUT2D eigenvalue weighted by Gasteiger charge is 2.39. The first-order valence-corrected chi connectivity index (χ1v) is 6.05. The van der Waals surface area contributed by atoms with Gasteiger partial charge in [0, 0.05) is 6.42 Å². The minimum Gasteiger partial charge on any atom is -0.367 e. The molecule has 1 aliphatic carbocycles. The average molecular weight is 232 g/mol. The summed E-state index contributed by atoms with van der Waals surface area (Å²) in [5.41, 5.74) is 5.68. The van der Waals surface area contributed by atoms with E-state index in [1.165, 1.54) is 0 Å². The van der Waals surface area contributed by atoms with Crippen molar-refractivity contribution in [2.24, 2.45) is 5.73 Å². The third-order valence-corrected chi connectivity index (χ3v) is 3.23. The van der Waals surface area contributed by atoms with Gasteiger partial charge >= 0.3 is 0 Å². The second-order valence-corrected chi connectivity index (χ2v) is 4.48. The van der Waals surface area contributed by atoms with Crippen LogP contribution in [0.15, 0.2) is 30.3 Å². The molecule has 2 rings (SSSR count). The Kier molecular flexibility index (Phi) is 3.79. The molecule has 0 bridgehead atoms. The van der Waals surface area contributed by atoms with Crippen LogP contribution < -0.4 is 5.73 Å². The van der Waals surface area contributed by atoms with Gasteiger partial charge in [0.15, 0.2) is 0 Å². The number of hydrogen-bond donors (Lipinski definition) is 1. The van der Waals surface area contributed by atoms with E-state index in [4.69, 9.17) is 10.5 Å². The second-order valence-electron chi connectivity index (χ2n) is 4.48. The van der Waals surface area contributed by atoms with E-state index in [9.17, 15) is 4.79 Å². The number of benzene rings is 1. The first-order valence-electron chi connectivity index (χ1n) is 6.05. The zero-order valence-corrected chi connectivity index (χ0v) is 9.89. The summed E-state index contributed by atoms with van der Waals surface area (Å²) in [5.74, 6) is -0.367. The zero-order chi connectivity index (χ0) is 12.1. The van der Waals surface area contributed by atoms with Crippen molar-refractivity contribution in [2.45, 2.75) is 37.9 Å². The molecular weight excluding hydrogens is 214 g/mol. The van der Waals surface area contributed by atoms with Crippen molar-refractivity contribution >= 4 is 5.91 Å². The maximum Gasteiger partial charge on any atom is 0.249 e. The smallest absolute Gasteiger partial charge is 0.249 e. The summed E-state index contributed by atoms with van der Waals surface area (Å²) in [6.07, 6.45) is 5.65. The number of carbonyl (C=O) groups is 1. The number of rotatable bonds is 4. The quantitative estimate of drug-likeness (QED) is 0.865. The maximum atomic E-state index is 11.6. The lowest BCUT2D eigenvalue weighted by molar-refractivity contribution is -0.143. The highest BCUT2D eigenvalue weighted by molar-refractivity contribution is 5.85. The molecule has 2 N–H and O–H groups in total. The van der Waals surface area contributed by atoms with Gasteiger partial charge in [-0.15, -0.1) is 0 Å². The molecule has 0 unspecified atom stereocenters. The fourth-order valence-electron chi connectivity index (χ4n) is 2.18. The van der Waals surface area contributed by atoms with Crippen molar-refractivity contribution in [3.05, 3.63) is 42.3 Å². The van der Waals surface area contributed by atoms with Gasteiger partial charge < -0.3 is 10.5 Å². The van der Waals surface area contributed by atoms with Crippen molar-refractivity contribution in [1.29, 1.82) is 0 Å². The van der Waals surface area contributed by atoms with Crippen LogP contribution in [0.25, 0.3) is 0 Å². The first kappa shape index (κ1) is 12.1. The van der Waals surface area contributed by atoms with Crippen LogP contribution in [0.2, 0.25) is 0 Å². The van der Waals surface area contributed by atoms with Crippen LogP contribution in [0.3, 0.4) is 0 Å². The van der Waals surface area contributed by atoms with Crippen molar-refractivity contribution in [3.8, 4) is 0 Å². The topological polar surface area (TPSA) is 52.3 Å². The van der Waals surface area contributed by atoms with Crippen LogP contribution in [-0.4, -0.2) is 11.5 Å². The second kappa shape index (κ2) is 5.32. The van der Waals surface area contributed by atoms with E-state index in [-0.39, 0.29) is 5.91 Å². The Bertz CT molecular complexity index is 369. The van der Waals surface area contributed by atoms with E-state index in [0.717, 1.165) is 24.8 Å². The lowest BCUT2D eigenvalue weighted by Crippen LogP contribution is -2.48. The van der Waals surface area contributed by atoms with E-state index in [1.54, 1.807) is 0 Å².